The Morgan fingerprint density at radius 3 is 2.76 bits per heavy atom. The molecule has 1 aromatic carbocycles. The number of ether oxygens (including phenoxy) is 2. The molecule has 1 saturated heterocycles. The van der Waals surface area contributed by atoms with E-state index in [0.29, 0.717) is 31.4 Å². The van der Waals surface area contributed by atoms with Gasteiger partial charge in [0.25, 0.3) is 5.91 Å². The van der Waals surface area contributed by atoms with Crippen molar-refractivity contribution in [2.24, 2.45) is 0 Å². The monoisotopic (exact) mass is 455 g/mol. The summed E-state index contributed by atoms with van der Waals surface area (Å²) < 4.78 is 12.5. The van der Waals surface area contributed by atoms with Gasteiger partial charge in [-0.1, -0.05) is 19.1 Å². The van der Waals surface area contributed by atoms with Gasteiger partial charge in [-0.15, -0.1) is 0 Å². The fraction of sp³-hybridized carbons (Fsp3) is 0.600. The largest absolute Gasteiger partial charge is 0.497 e. The number of benzene rings is 1. The first kappa shape index (κ1) is 23.7. The number of aromatic nitrogens is 2. The second-order valence-electron chi connectivity index (χ2n) is 8.93. The van der Waals surface area contributed by atoms with Gasteiger partial charge in [0, 0.05) is 57.0 Å². The van der Waals surface area contributed by atoms with Crippen LogP contribution in [0.5, 0.6) is 5.75 Å². The number of rotatable bonds is 10. The third-order valence-electron chi connectivity index (χ3n) is 6.90. The standard InChI is InChI=1S/C25H37N5O3/c1-4-29-12-5-6-20(29)16-26-25(31)24-22-18-28(17-19-7-9-21(33-3)10-8-19)13-11-23(22)30(27-24)14-15-32-2/h7-10,20H,4-6,11-18H2,1-3H3,(H,26,31). The molecule has 8 heteroatoms. The SMILES string of the molecule is CCN1CCCC1CNC(=O)c1nn(CCOC)c2c1CN(Cc1ccc(OC)cc1)CC2. The molecule has 8 nitrogen and oxygen atoms in total. The Morgan fingerprint density at radius 2 is 2.03 bits per heavy atom. The Labute approximate surface area is 196 Å². The van der Waals surface area contributed by atoms with Gasteiger partial charge < -0.3 is 14.8 Å². The first-order valence-electron chi connectivity index (χ1n) is 12.1. The summed E-state index contributed by atoms with van der Waals surface area (Å²) in [5, 5.41) is 7.93. The number of carbonyl (C=O) groups excluding carboxylic acids is 1. The van der Waals surface area contributed by atoms with Gasteiger partial charge in [0.05, 0.1) is 20.3 Å². The number of likely N-dealkylation sites (tertiary alicyclic amines) is 1. The minimum atomic E-state index is -0.0586. The van der Waals surface area contributed by atoms with Crippen molar-refractivity contribution in [3.05, 3.63) is 46.8 Å². The highest BCUT2D eigenvalue weighted by Crippen LogP contribution is 2.25. The fourth-order valence-electron chi connectivity index (χ4n) is 5.05. The summed E-state index contributed by atoms with van der Waals surface area (Å²) >= 11 is 0. The number of likely N-dealkylation sites (N-methyl/N-ethyl adjacent to an activating group) is 1. The summed E-state index contributed by atoms with van der Waals surface area (Å²) in [5.41, 5.74) is 4.03. The Hall–Kier alpha value is -2.42. The van der Waals surface area contributed by atoms with Crippen LogP contribution in [-0.4, -0.2) is 78.5 Å². The molecular weight excluding hydrogens is 418 g/mol. The molecule has 33 heavy (non-hydrogen) atoms. The van der Waals surface area contributed by atoms with Gasteiger partial charge in [-0.25, -0.2) is 0 Å². The van der Waals surface area contributed by atoms with Crippen LogP contribution in [0.4, 0.5) is 0 Å². The number of hydrogen-bond donors (Lipinski definition) is 1. The van der Waals surface area contributed by atoms with Crippen LogP contribution in [0.25, 0.3) is 0 Å². The predicted octanol–water partition coefficient (Wildman–Crippen LogP) is 2.31. The Bertz CT molecular complexity index is 927. The minimum Gasteiger partial charge on any atom is -0.497 e. The summed E-state index contributed by atoms with van der Waals surface area (Å²) in [5.74, 6) is 0.804. The fourth-order valence-corrected chi connectivity index (χ4v) is 5.05. The van der Waals surface area contributed by atoms with Gasteiger partial charge in [-0.3, -0.25) is 19.3 Å². The Balaban J connectivity index is 1.48. The van der Waals surface area contributed by atoms with Crippen LogP contribution in [-0.2, 0) is 30.8 Å². The molecule has 1 atom stereocenters. The van der Waals surface area contributed by atoms with E-state index >= 15 is 0 Å². The zero-order valence-corrected chi connectivity index (χ0v) is 20.2. The zero-order chi connectivity index (χ0) is 23.2. The van der Waals surface area contributed by atoms with Gasteiger partial charge in [-0.05, 0) is 43.6 Å². The average Bonchev–Trinajstić information content (AvgIpc) is 3.45. The van der Waals surface area contributed by atoms with Crippen molar-refractivity contribution in [1.29, 1.82) is 0 Å². The molecule has 1 fully saturated rings. The molecule has 3 heterocycles. The normalized spacial score (nSPS) is 18.9. The molecule has 1 aromatic heterocycles. The molecule has 1 unspecified atom stereocenters. The summed E-state index contributed by atoms with van der Waals surface area (Å²) in [4.78, 5) is 18.1. The minimum absolute atomic E-state index is 0.0586. The van der Waals surface area contributed by atoms with Crippen molar-refractivity contribution in [2.75, 3.05) is 47.0 Å². The van der Waals surface area contributed by atoms with Gasteiger partial charge in [0.2, 0.25) is 0 Å². The van der Waals surface area contributed by atoms with Gasteiger partial charge in [-0.2, -0.15) is 5.10 Å². The van der Waals surface area contributed by atoms with Gasteiger partial charge in [0.1, 0.15) is 5.75 Å². The van der Waals surface area contributed by atoms with Crippen molar-refractivity contribution in [3.8, 4) is 5.75 Å². The lowest BCUT2D eigenvalue weighted by molar-refractivity contribution is 0.0932. The number of fused-ring (bicyclic) bond motifs is 1. The third-order valence-corrected chi connectivity index (χ3v) is 6.90. The highest BCUT2D eigenvalue weighted by atomic mass is 16.5. The lowest BCUT2D eigenvalue weighted by Crippen LogP contribution is -2.40. The molecule has 0 bridgehead atoms. The molecule has 0 aliphatic carbocycles. The van der Waals surface area contributed by atoms with Crippen LogP contribution in [0, 0.1) is 0 Å². The first-order valence-corrected chi connectivity index (χ1v) is 12.1. The zero-order valence-electron chi connectivity index (χ0n) is 20.2. The Kier molecular flexibility index (Phi) is 8.01. The van der Waals surface area contributed by atoms with Crippen molar-refractivity contribution < 1.29 is 14.3 Å². The summed E-state index contributed by atoms with van der Waals surface area (Å²) in [7, 11) is 3.38. The second kappa shape index (κ2) is 11.1. The summed E-state index contributed by atoms with van der Waals surface area (Å²) in [6, 6.07) is 8.62. The van der Waals surface area contributed by atoms with Crippen molar-refractivity contribution >= 4 is 5.91 Å². The number of nitrogens with one attached hydrogen (secondary N) is 1. The maximum Gasteiger partial charge on any atom is 0.272 e. The molecule has 0 spiro atoms. The molecule has 0 saturated carbocycles. The number of hydrogen-bond acceptors (Lipinski definition) is 6. The predicted molar refractivity (Wildman–Crippen MR) is 128 cm³/mol. The van der Waals surface area contributed by atoms with Crippen LogP contribution in [0.3, 0.4) is 0 Å². The molecule has 180 valence electrons. The van der Waals surface area contributed by atoms with E-state index < -0.39 is 0 Å². The molecule has 2 aliphatic heterocycles. The van der Waals surface area contributed by atoms with Gasteiger partial charge >= 0.3 is 0 Å². The van der Waals surface area contributed by atoms with Gasteiger partial charge in [0.15, 0.2) is 5.69 Å². The maximum atomic E-state index is 13.2. The number of methoxy groups -OCH3 is 2. The second-order valence-corrected chi connectivity index (χ2v) is 8.93. The molecule has 4 rings (SSSR count). The quantitative estimate of drug-likeness (QED) is 0.593. The van der Waals surface area contributed by atoms with E-state index in [1.165, 1.54) is 17.7 Å². The number of carbonyl (C=O) groups is 1. The van der Waals surface area contributed by atoms with E-state index in [0.717, 1.165) is 56.9 Å². The van der Waals surface area contributed by atoms with E-state index in [2.05, 4.69) is 34.2 Å². The lowest BCUT2D eigenvalue weighted by Gasteiger charge is -2.28. The van der Waals surface area contributed by atoms with E-state index in [4.69, 9.17) is 14.6 Å². The number of nitrogens with zero attached hydrogens (tertiary/aromatic N) is 4. The van der Waals surface area contributed by atoms with Crippen molar-refractivity contribution in [1.82, 2.24) is 24.9 Å². The van der Waals surface area contributed by atoms with E-state index in [1.807, 2.05) is 16.8 Å². The summed E-state index contributed by atoms with van der Waals surface area (Å²) in [6.07, 6.45) is 3.22. The smallest absolute Gasteiger partial charge is 0.272 e. The van der Waals surface area contributed by atoms with E-state index in [-0.39, 0.29) is 5.91 Å². The first-order chi connectivity index (χ1) is 16.1. The van der Waals surface area contributed by atoms with Crippen LogP contribution in [0.2, 0.25) is 0 Å². The average molecular weight is 456 g/mol. The van der Waals surface area contributed by atoms with Crippen molar-refractivity contribution in [3.63, 3.8) is 0 Å². The third kappa shape index (κ3) is 5.57. The van der Waals surface area contributed by atoms with Crippen LogP contribution >= 0.6 is 0 Å². The lowest BCUT2D eigenvalue weighted by atomic mass is 10.0. The molecule has 0 radical (unpaired) electrons. The molecular formula is C25H37N5O3. The van der Waals surface area contributed by atoms with Crippen LogP contribution < -0.4 is 10.1 Å². The highest BCUT2D eigenvalue weighted by molar-refractivity contribution is 5.94. The topological polar surface area (TPSA) is 71.9 Å². The molecule has 2 aliphatic rings. The Morgan fingerprint density at radius 1 is 1.21 bits per heavy atom. The van der Waals surface area contributed by atoms with Crippen LogP contribution in [0.15, 0.2) is 24.3 Å². The number of amides is 1. The maximum absolute atomic E-state index is 13.2. The van der Waals surface area contributed by atoms with E-state index in [1.54, 1.807) is 14.2 Å². The van der Waals surface area contributed by atoms with Crippen molar-refractivity contribution in [2.45, 2.75) is 51.9 Å². The summed E-state index contributed by atoms with van der Waals surface area (Å²) in [6.45, 7) is 8.76. The molecule has 1 amide bonds. The van der Waals surface area contributed by atoms with E-state index in [9.17, 15) is 4.79 Å². The highest BCUT2D eigenvalue weighted by Gasteiger charge is 2.29. The molecule has 2 aromatic rings. The van der Waals surface area contributed by atoms with Crippen LogP contribution in [0.1, 0.15) is 47.1 Å². The molecule has 1 N–H and O–H groups in total.